The van der Waals surface area contributed by atoms with Crippen LogP contribution in [0.5, 0.6) is 5.75 Å². The van der Waals surface area contributed by atoms with Crippen LogP contribution in [-0.2, 0) is 6.54 Å². The zero-order valence-electron chi connectivity index (χ0n) is 20.8. The number of aromatic nitrogens is 4. The van der Waals surface area contributed by atoms with Crippen LogP contribution < -0.4 is 10.2 Å². The van der Waals surface area contributed by atoms with Crippen LogP contribution in [0.2, 0.25) is 0 Å². The average Bonchev–Trinajstić information content (AvgIpc) is 3.37. The van der Waals surface area contributed by atoms with Crippen LogP contribution >= 0.6 is 0 Å². The van der Waals surface area contributed by atoms with Gasteiger partial charge < -0.3 is 20.0 Å². The maximum atomic E-state index is 5.89. The number of hydrogen-bond acceptors (Lipinski definition) is 7. The van der Waals surface area contributed by atoms with E-state index in [0.29, 0.717) is 13.2 Å². The molecule has 37 heavy (non-hydrogen) atoms. The van der Waals surface area contributed by atoms with E-state index in [1.54, 1.807) is 6.20 Å². The molecule has 1 aromatic carbocycles. The van der Waals surface area contributed by atoms with Gasteiger partial charge in [-0.15, -0.1) is 0 Å². The van der Waals surface area contributed by atoms with Gasteiger partial charge in [-0.1, -0.05) is 18.2 Å². The fourth-order valence-electron chi connectivity index (χ4n) is 4.49. The Morgan fingerprint density at radius 3 is 2.70 bits per heavy atom. The lowest BCUT2D eigenvalue weighted by molar-refractivity contribution is 0.261. The standard InChI is InChI=1S/C29H27N7O/c1-36(2)10-11-37-21-12-19(15-30-17-21)20-13-24-28(32-16-20)18-33-35-29(24)27-14-23-22(6-5-8-26(23)34-27)25-7-3-4-9-31-25/h3-9,12-17,33-34H,10-11,18H2,1-2H3. The van der Waals surface area contributed by atoms with Crippen LogP contribution in [0.25, 0.3) is 33.3 Å². The minimum atomic E-state index is 0.574. The zero-order valence-corrected chi connectivity index (χ0v) is 20.8. The summed E-state index contributed by atoms with van der Waals surface area (Å²) < 4.78 is 5.89. The predicted octanol–water partition coefficient (Wildman–Crippen LogP) is 4.48. The van der Waals surface area contributed by atoms with Crippen LogP contribution in [0.1, 0.15) is 17.0 Å². The highest BCUT2D eigenvalue weighted by Gasteiger charge is 2.21. The highest BCUT2D eigenvalue weighted by molar-refractivity contribution is 6.15. The molecule has 5 aromatic rings. The third-order valence-electron chi connectivity index (χ3n) is 6.38. The molecule has 0 amide bonds. The van der Waals surface area contributed by atoms with E-state index in [1.807, 2.05) is 63.0 Å². The first-order valence-electron chi connectivity index (χ1n) is 12.2. The van der Waals surface area contributed by atoms with Gasteiger partial charge >= 0.3 is 0 Å². The topological polar surface area (TPSA) is 91.3 Å². The van der Waals surface area contributed by atoms with E-state index in [4.69, 9.17) is 9.72 Å². The van der Waals surface area contributed by atoms with E-state index in [0.717, 1.165) is 68.2 Å². The van der Waals surface area contributed by atoms with Crippen LogP contribution in [0.4, 0.5) is 0 Å². The van der Waals surface area contributed by atoms with Crippen molar-refractivity contribution in [2.24, 2.45) is 5.10 Å². The third kappa shape index (κ3) is 4.66. The number of aromatic amines is 1. The van der Waals surface area contributed by atoms with Gasteiger partial charge in [0, 0.05) is 58.3 Å². The molecule has 184 valence electrons. The van der Waals surface area contributed by atoms with Crippen LogP contribution in [0, 0.1) is 0 Å². The molecule has 0 saturated carbocycles. The molecule has 0 unspecified atom stereocenters. The molecule has 0 spiro atoms. The smallest absolute Gasteiger partial charge is 0.138 e. The van der Waals surface area contributed by atoms with Gasteiger partial charge in [0.05, 0.1) is 29.8 Å². The summed E-state index contributed by atoms with van der Waals surface area (Å²) in [5.41, 5.74) is 11.8. The summed E-state index contributed by atoms with van der Waals surface area (Å²) in [4.78, 5) is 19.3. The molecule has 1 aliphatic rings. The third-order valence-corrected chi connectivity index (χ3v) is 6.38. The molecular formula is C29H27N7O. The Hall–Kier alpha value is -4.56. The van der Waals surface area contributed by atoms with Crippen LogP contribution in [0.3, 0.4) is 0 Å². The number of H-pyrrole nitrogens is 1. The van der Waals surface area contributed by atoms with E-state index in [-0.39, 0.29) is 0 Å². The number of nitrogens with one attached hydrogen (secondary N) is 2. The molecule has 0 saturated heterocycles. The quantitative estimate of drug-likeness (QED) is 0.350. The summed E-state index contributed by atoms with van der Waals surface area (Å²) in [6.45, 7) is 2.01. The Morgan fingerprint density at radius 1 is 0.919 bits per heavy atom. The number of nitrogens with zero attached hydrogens (tertiary/aromatic N) is 5. The molecule has 1 aliphatic heterocycles. The minimum Gasteiger partial charge on any atom is -0.491 e. The Bertz CT molecular complexity index is 1590. The van der Waals surface area contributed by atoms with E-state index in [1.165, 1.54) is 0 Å². The number of fused-ring (bicyclic) bond motifs is 2. The molecule has 0 aliphatic carbocycles. The summed E-state index contributed by atoms with van der Waals surface area (Å²) in [7, 11) is 4.05. The number of benzene rings is 1. The highest BCUT2D eigenvalue weighted by Crippen LogP contribution is 2.31. The number of ether oxygens (including phenoxy) is 1. The van der Waals surface area contributed by atoms with E-state index >= 15 is 0 Å². The molecule has 0 bridgehead atoms. The molecule has 8 heteroatoms. The van der Waals surface area contributed by atoms with E-state index in [2.05, 4.69) is 54.6 Å². The van der Waals surface area contributed by atoms with Crippen molar-refractivity contribution in [3.8, 4) is 28.1 Å². The Kier molecular flexibility index (Phi) is 6.08. The summed E-state index contributed by atoms with van der Waals surface area (Å²) >= 11 is 0. The lowest BCUT2D eigenvalue weighted by atomic mass is 9.99. The first-order chi connectivity index (χ1) is 18.2. The van der Waals surface area contributed by atoms with Crippen LogP contribution in [0.15, 0.2) is 84.5 Å². The number of hydrazone groups is 1. The van der Waals surface area contributed by atoms with Gasteiger partial charge in [-0.2, -0.15) is 5.10 Å². The second-order valence-electron chi connectivity index (χ2n) is 9.24. The monoisotopic (exact) mass is 489 g/mol. The second kappa shape index (κ2) is 9.83. The van der Waals surface area contributed by atoms with Gasteiger partial charge in [0.15, 0.2) is 0 Å². The van der Waals surface area contributed by atoms with Crippen molar-refractivity contribution in [2.45, 2.75) is 6.54 Å². The van der Waals surface area contributed by atoms with Crippen molar-refractivity contribution < 1.29 is 4.74 Å². The van der Waals surface area contributed by atoms with Gasteiger partial charge in [0.1, 0.15) is 18.1 Å². The lowest BCUT2D eigenvalue weighted by Crippen LogP contribution is -2.22. The van der Waals surface area contributed by atoms with Gasteiger partial charge in [-0.05, 0) is 50.5 Å². The van der Waals surface area contributed by atoms with Gasteiger partial charge in [-0.25, -0.2) is 0 Å². The Balaban J connectivity index is 1.35. The van der Waals surface area contributed by atoms with E-state index < -0.39 is 0 Å². The Morgan fingerprint density at radius 2 is 1.84 bits per heavy atom. The largest absolute Gasteiger partial charge is 0.491 e. The minimum absolute atomic E-state index is 0.574. The molecule has 5 heterocycles. The fraction of sp³-hybridized carbons (Fsp3) is 0.172. The van der Waals surface area contributed by atoms with Crippen molar-refractivity contribution in [3.05, 3.63) is 96.3 Å². The highest BCUT2D eigenvalue weighted by atomic mass is 16.5. The molecular weight excluding hydrogens is 462 g/mol. The second-order valence-corrected chi connectivity index (χ2v) is 9.24. The van der Waals surface area contributed by atoms with Crippen molar-refractivity contribution in [3.63, 3.8) is 0 Å². The lowest BCUT2D eigenvalue weighted by Gasteiger charge is -2.17. The zero-order chi connectivity index (χ0) is 25.2. The number of hydrogen-bond donors (Lipinski definition) is 2. The average molecular weight is 490 g/mol. The van der Waals surface area contributed by atoms with Gasteiger partial charge in [-0.3, -0.25) is 15.0 Å². The first-order valence-corrected chi connectivity index (χ1v) is 12.2. The molecule has 0 atom stereocenters. The van der Waals surface area contributed by atoms with Crippen molar-refractivity contribution in [2.75, 3.05) is 27.2 Å². The summed E-state index contributed by atoms with van der Waals surface area (Å²) in [5.74, 6) is 0.741. The molecule has 8 nitrogen and oxygen atoms in total. The molecule has 6 rings (SSSR count). The number of likely N-dealkylation sites (N-methyl/N-ethyl adjacent to an activating group) is 1. The molecule has 0 radical (unpaired) electrons. The summed E-state index contributed by atoms with van der Waals surface area (Å²) in [6, 6.07) is 18.5. The predicted molar refractivity (Wildman–Crippen MR) is 146 cm³/mol. The van der Waals surface area contributed by atoms with E-state index in [9.17, 15) is 0 Å². The number of pyridine rings is 3. The van der Waals surface area contributed by atoms with Crippen molar-refractivity contribution >= 4 is 16.6 Å². The molecule has 0 fully saturated rings. The Labute approximate surface area is 215 Å². The summed E-state index contributed by atoms with van der Waals surface area (Å²) in [6.07, 6.45) is 7.28. The van der Waals surface area contributed by atoms with Crippen LogP contribution in [-0.4, -0.2) is 57.8 Å². The molecule has 2 N–H and O–H groups in total. The summed E-state index contributed by atoms with van der Waals surface area (Å²) in [5, 5.41) is 5.78. The normalized spacial score (nSPS) is 12.8. The number of rotatable bonds is 7. The first kappa shape index (κ1) is 22.9. The fourth-order valence-corrected chi connectivity index (χ4v) is 4.49. The maximum absolute atomic E-state index is 5.89. The van der Waals surface area contributed by atoms with Gasteiger partial charge in [0.2, 0.25) is 0 Å². The van der Waals surface area contributed by atoms with Crippen molar-refractivity contribution in [1.29, 1.82) is 0 Å². The van der Waals surface area contributed by atoms with Gasteiger partial charge in [0.25, 0.3) is 0 Å². The molecule has 4 aromatic heterocycles. The van der Waals surface area contributed by atoms with Crippen molar-refractivity contribution in [1.82, 2.24) is 30.3 Å². The SMILES string of the molecule is CN(C)CCOc1cncc(-c2cnc3c(c2)C(c2cc4c(-c5ccccn5)cccc4[nH]2)=NNC3)c1. The maximum Gasteiger partial charge on any atom is 0.138 e.